The number of hydrogen-bond acceptors (Lipinski definition) is 4. The molecule has 0 aliphatic heterocycles. The van der Waals surface area contributed by atoms with Gasteiger partial charge in [0, 0.05) is 6.07 Å². The van der Waals surface area contributed by atoms with E-state index in [1.807, 2.05) is 37.3 Å². The molecule has 140 valence electrons. The van der Waals surface area contributed by atoms with Gasteiger partial charge in [0.15, 0.2) is 6.10 Å². The number of ether oxygens (including phenoxy) is 3. The highest BCUT2D eigenvalue weighted by molar-refractivity contribution is 5.95. The lowest BCUT2D eigenvalue weighted by atomic mass is 10.2. The summed E-state index contributed by atoms with van der Waals surface area (Å²) in [6, 6.07) is 13.0. The topological polar surface area (TPSA) is 56.8 Å². The second-order valence-corrected chi connectivity index (χ2v) is 6.13. The Bertz CT molecular complexity index is 730. The molecule has 26 heavy (non-hydrogen) atoms. The molecule has 1 amide bonds. The smallest absolute Gasteiger partial charge is 0.265 e. The van der Waals surface area contributed by atoms with Gasteiger partial charge in [-0.2, -0.15) is 0 Å². The molecule has 0 aliphatic carbocycles. The van der Waals surface area contributed by atoms with Gasteiger partial charge in [0.1, 0.15) is 17.2 Å². The summed E-state index contributed by atoms with van der Waals surface area (Å²) in [7, 11) is 1.59. The number of aryl methyl sites for hydroxylation is 1. The highest BCUT2D eigenvalue weighted by Gasteiger charge is 2.17. The van der Waals surface area contributed by atoms with Crippen LogP contribution in [0.25, 0.3) is 0 Å². The summed E-state index contributed by atoms with van der Waals surface area (Å²) < 4.78 is 16.8. The number of amides is 1. The maximum Gasteiger partial charge on any atom is 0.265 e. The van der Waals surface area contributed by atoms with Crippen molar-refractivity contribution in [2.45, 2.75) is 39.7 Å². The molecule has 2 aromatic rings. The molecule has 0 saturated heterocycles. The van der Waals surface area contributed by atoms with E-state index in [-0.39, 0.29) is 5.91 Å². The number of carbonyl (C=O) groups excluding carboxylic acids is 1. The first-order valence-electron chi connectivity index (χ1n) is 8.88. The van der Waals surface area contributed by atoms with E-state index >= 15 is 0 Å². The van der Waals surface area contributed by atoms with Crippen molar-refractivity contribution in [3.05, 3.63) is 48.0 Å². The molecular weight excluding hydrogens is 330 g/mol. The summed E-state index contributed by atoms with van der Waals surface area (Å²) in [6.45, 7) is 6.40. The molecule has 5 heteroatoms. The largest absolute Gasteiger partial charge is 0.497 e. The summed E-state index contributed by atoms with van der Waals surface area (Å²) in [5.74, 6) is 1.68. The number of carbonyl (C=O) groups is 1. The van der Waals surface area contributed by atoms with Gasteiger partial charge in [0.25, 0.3) is 5.91 Å². The molecule has 5 nitrogen and oxygen atoms in total. The number of rotatable bonds is 9. The van der Waals surface area contributed by atoms with E-state index in [4.69, 9.17) is 14.2 Å². The fourth-order valence-electron chi connectivity index (χ4n) is 2.37. The van der Waals surface area contributed by atoms with Crippen molar-refractivity contribution >= 4 is 11.6 Å². The van der Waals surface area contributed by atoms with Crippen LogP contribution in [-0.2, 0) is 4.79 Å². The van der Waals surface area contributed by atoms with Crippen LogP contribution >= 0.6 is 0 Å². The fourth-order valence-corrected chi connectivity index (χ4v) is 2.37. The monoisotopic (exact) mass is 357 g/mol. The van der Waals surface area contributed by atoms with Crippen molar-refractivity contribution in [1.82, 2.24) is 0 Å². The van der Waals surface area contributed by atoms with E-state index in [0.29, 0.717) is 29.5 Å². The minimum absolute atomic E-state index is 0.250. The van der Waals surface area contributed by atoms with E-state index in [9.17, 15) is 4.79 Å². The molecule has 0 aromatic heterocycles. The van der Waals surface area contributed by atoms with E-state index < -0.39 is 6.10 Å². The molecular formula is C21H27NO4. The molecule has 0 radical (unpaired) electrons. The molecule has 1 unspecified atom stereocenters. The highest BCUT2D eigenvalue weighted by atomic mass is 16.5. The van der Waals surface area contributed by atoms with Crippen LogP contribution in [0.5, 0.6) is 17.2 Å². The predicted octanol–water partition coefficient (Wildman–Crippen LogP) is 4.59. The predicted molar refractivity (Wildman–Crippen MR) is 103 cm³/mol. The second-order valence-electron chi connectivity index (χ2n) is 6.13. The fraction of sp³-hybridized carbons (Fsp3) is 0.381. The van der Waals surface area contributed by atoms with Crippen LogP contribution in [0.2, 0.25) is 0 Å². The maximum absolute atomic E-state index is 12.6. The summed E-state index contributed by atoms with van der Waals surface area (Å²) >= 11 is 0. The van der Waals surface area contributed by atoms with Crippen molar-refractivity contribution in [2.75, 3.05) is 19.0 Å². The third-order valence-electron chi connectivity index (χ3n) is 3.87. The van der Waals surface area contributed by atoms with Crippen molar-refractivity contribution in [1.29, 1.82) is 0 Å². The summed E-state index contributed by atoms with van der Waals surface area (Å²) in [6.07, 6.45) is 1.34. The van der Waals surface area contributed by atoms with Gasteiger partial charge in [-0.3, -0.25) is 4.79 Å². The lowest BCUT2D eigenvalue weighted by Crippen LogP contribution is -2.30. The quantitative estimate of drug-likeness (QED) is 0.667. The first kappa shape index (κ1) is 19.6. The van der Waals surface area contributed by atoms with Crippen LogP contribution in [0, 0.1) is 6.92 Å². The van der Waals surface area contributed by atoms with Gasteiger partial charge >= 0.3 is 0 Å². The molecule has 0 fully saturated rings. The number of unbranched alkanes of at least 4 members (excludes halogenated alkanes) is 1. The molecule has 0 spiro atoms. The number of hydrogen-bond donors (Lipinski definition) is 1. The third-order valence-corrected chi connectivity index (χ3v) is 3.87. The van der Waals surface area contributed by atoms with Gasteiger partial charge in [-0.1, -0.05) is 25.5 Å². The maximum atomic E-state index is 12.6. The third kappa shape index (κ3) is 5.69. The summed E-state index contributed by atoms with van der Waals surface area (Å²) in [4.78, 5) is 12.6. The minimum atomic E-state index is -0.647. The molecule has 2 aromatic carbocycles. The Morgan fingerprint density at radius 3 is 2.65 bits per heavy atom. The van der Waals surface area contributed by atoms with Crippen molar-refractivity contribution in [3.8, 4) is 17.2 Å². The van der Waals surface area contributed by atoms with Gasteiger partial charge in [0.2, 0.25) is 0 Å². The van der Waals surface area contributed by atoms with Gasteiger partial charge in [-0.15, -0.1) is 0 Å². The van der Waals surface area contributed by atoms with Crippen LogP contribution in [0.3, 0.4) is 0 Å². The number of anilines is 1. The molecule has 0 heterocycles. The zero-order chi connectivity index (χ0) is 18.9. The molecule has 1 N–H and O–H groups in total. The number of methoxy groups -OCH3 is 1. The van der Waals surface area contributed by atoms with E-state index in [0.717, 1.165) is 18.4 Å². The Hall–Kier alpha value is -2.69. The zero-order valence-electron chi connectivity index (χ0n) is 15.9. The Kier molecular flexibility index (Phi) is 7.33. The van der Waals surface area contributed by atoms with Crippen molar-refractivity contribution in [3.63, 3.8) is 0 Å². The SMILES string of the molecule is CCCCOc1ccc(OC)cc1NC(=O)C(C)Oc1cccc(C)c1. The Morgan fingerprint density at radius 2 is 1.96 bits per heavy atom. The van der Waals surface area contributed by atoms with Gasteiger partial charge < -0.3 is 19.5 Å². The molecule has 0 aliphatic rings. The van der Waals surface area contributed by atoms with Gasteiger partial charge in [0.05, 0.1) is 19.4 Å². The highest BCUT2D eigenvalue weighted by Crippen LogP contribution is 2.30. The van der Waals surface area contributed by atoms with Crippen molar-refractivity contribution < 1.29 is 19.0 Å². The molecule has 1 atom stereocenters. The standard InChI is InChI=1S/C21H27NO4/c1-5-6-12-25-20-11-10-17(24-4)14-19(20)22-21(23)16(3)26-18-9-7-8-15(2)13-18/h7-11,13-14,16H,5-6,12H2,1-4H3,(H,22,23). The lowest BCUT2D eigenvalue weighted by molar-refractivity contribution is -0.122. The Balaban J connectivity index is 2.08. The van der Waals surface area contributed by atoms with E-state index in [1.54, 1.807) is 26.2 Å². The van der Waals surface area contributed by atoms with Crippen LogP contribution in [0.15, 0.2) is 42.5 Å². The summed E-state index contributed by atoms with van der Waals surface area (Å²) in [5.41, 5.74) is 1.65. The average molecular weight is 357 g/mol. The second kappa shape index (κ2) is 9.70. The number of benzene rings is 2. The number of nitrogens with one attached hydrogen (secondary N) is 1. The van der Waals surface area contributed by atoms with E-state index in [2.05, 4.69) is 12.2 Å². The minimum Gasteiger partial charge on any atom is -0.497 e. The van der Waals surface area contributed by atoms with Gasteiger partial charge in [-0.25, -0.2) is 0 Å². The lowest BCUT2D eigenvalue weighted by Gasteiger charge is -2.17. The summed E-state index contributed by atoms with van der Waals surface area (Å²) in [5, 5.41) is 2.88. The first-order valence-corrected chi connectivity index (χ1v) is 8.88. The van der Waals surface area contributed by atoms with Crippen LogP contribution in [0.4, 0.5) is 5.69 Å². The normalized spacial score (nSPS) is 11.5. The van der Waals surface area contributed by atoms with Crippen molar-refractivity contribution in [2.24, 2.45) is 0 Å². The van der Waals surface area contributed by atoms with Crippen LogP contribution in [-0.4, -0.2) is 25.7 Å². The zero-order valence-corrected chi connectivity index (χ0v) is 15.9. The Morgan fingerprint density at radius 1 is 1.15 bits per heavy atom. The van der Waals surface area contributed by atoms with Crippen LogP contribution in [0.1, 0.15) is 32.3 Å². The molecule has 0 bridgehead atoms. The Labute approximate surface area is 155 Å². The molecule has 0 saturated carbocycles. The van der Waals surface area contributed by atoms with Crippen LogP contribution < -0.4 is 19.5 Å². The average Bonchev–Trinajstić information content (AvgIpc) is 2.63. The molecule has 2 rings (SSSR count). The van der Waals surface area contributed by atoms with Gasteiger partial charge in [-0.05, 0) is 50.1 Å². The van der Waals surface area contributed by atoms with E-state index in [1.165, 1.54) is 0 Å². The first-order chi connectivity index (χ1) is 12.5.